The van der Waals surface area contributed by atoms with Gasteiger partial charge in [0, 0.05) is 63.4 Å². The molecule has 3 rings (SSSR count). The molecular formula is C18H25ClFN3O2. The zero-order valence-corrected chi connectivity index (χ0v) is 15.3. The molecule has 1 N–H and O–H groups in total. The minimum atomic E-state index is -0.249. The third-order valence-electron chi connectivity index (χ3n) is 5.20. The summed E-state index contributed by atoms with van der Waals surface area (Å²) in [4.78, 5) is 16.0. The molecule has 0 radical (unpaired) electrons. The van der Waals surface area contributed by atoms with Crippen LogP contribution >= 0.6 is 11.6 Å². The lowest BCUT2D eigenvalue weighted by Crippen LogP contribution is -2.61. The van der Waals surface area contributed by atoms with E-state index >= 15 is 0 Å². The average molecular weight is 370 g/mol. The summed E-state index contributed by atoms with van der Waals surface area (Å²) < 4.78 is 19.6. The van der Waals surface area contributed by atoms with Gasteiger partial charge in [0.15, 0.2) is 0 Å². The minimum absolute atomic E-state index is 0.0110. The van der Waals surface area contributed by atoms with Gasteiger partial charge in [-0.2, -0.15) is 0 Å². The summed E-state index contributed by atoms with van der Waals surface area (Å²) in [7, 11) is 0. The van der Waals surface area contributed by atoms with Gasteiger partial charge in [0.05, 0.1) is 12.1 Å². The lowest BCUT2D eigenvalue weighted by atomic mass is 9.94. The van der Waals surface area contributed by atoms with Crippen LogP contribution in [0.5, 0.6) is 0 Å². The van der Waals surface area contributed by atoms with Crippen LogP contribution in [-0.4, -0.2) is 67.2 Å². The van der Waals surface area contributed by atoms with E-state index in [1.165, 1.54) is 6.07 Å². The third-order valence-corrected chi connectivity index (χ3v) is 5.44. The molecule has 138 valence electrons. The van der Waals surface area contributed by atoms with Crippen molar-refractivity contribution in [2.45, 2.75) is 25.4 Å². The molecule has 0 spiro atoms. The number of piperazine rings is 1. The third kappa shape index (κ3) is 4.50. The van der Waals surface area contributed by atoms with Gasteiger partial charge in [0.1, 0.15) is 5.82 Å². The van der Waals surface area contributed by atoms with E-state index in [4.69, 9.17) is 16.3 Å². The highest BCUT2D eigenvalue weighted by Crippen LogP contribution is 2.27. The van der Waals surface area contributed by atoms with Crippen LogP contribution in [0.2, 0.25) is 5.02 Å². The summed E-state index contributed by atoms with van der Waals surface area (Å²) >= 11 is 5.82. The molecule has 25 heavy (non-hydrogen) atoms. The number of ether oxygens (including phenoxy) is 1. The van der Waals surface area contributed by atoms with Gasteiger partial charge in [-0.15, -0.1) is 0 Å². The van der Waals surface area contributed by atoms with Crippen LogP contribution < -0.4 is 5.32 Å². The number of hydrogen-bond donors (Lipinski definition) is 1. The Labute approximate surface area is 153 Å². The Morgan fingerprint density at radius 1 is 1.36 bits per heavy atom. The molecule has 0 saturated carbocycles. The Hall–Kier alpha value is -1.21. The molecule has 0 bridgehead atoms. The van der Waals surface area contributed by atoms with Crippen LogP contribution in [0.1, 0.15) is 18.9 Å². The Kier molecular flexibility index (Phi) is 5.94. The molecular weight excluding hydrogens is 345 g/mol. The molecule has 7 heteroatoms. The summed E-state index contributed by atoms with van der Waals surface area (Å²) in [5, 5.41) is 3.38. The monoisotopic (exact) mass is 369 g/mol. The predicted molar refractivity (Wildman–Crippen MR) is 95.1 cm³/mol. The van der Waals surface area contributed by atoms with Gasteiger partial charge in [-0.05, 0) is 18.6 Å². The van der Waals surface area contributed by atoms with Gasteiger partial charge >= 0.3 is 0 Å². The zero-order chi connectivity index (χ0) is 17.9. The Morgan fingerprint density at radius 3 is 2.72 bits per heavy atom. The molecule has 2 aliphatic heterocycles. The van der Waals surface area contributed by atoms with Crippen molar-refractivity contribution >= 4 is 17.5 Å². The average Bonchev–Trinajstić information content (AvgIpc) is 3.06. The van der Waals surface area contributed by atoms with Crippen molar-refractivity contribution in [1.82, 2.24) is 15.1 Å². The van der Waals surface area contributed by atoms with Gasteiger partial charge < -0.3 is 10.1 Å². The molecule has 2 saturated heterocycles. The second kappa shape index (κ2) is 7.99. The molecule has 0 aliphatic carbocycles. The number of nitrogens with zero attached hydrogens (tertiary/aromatic N) is 2. The highest BCUT2D eigenvalue weighted by molar-refractivity contribution is 6.30. The van der Waals surface area contributed by atoms with Gasteiger partial charge in [-0.25, -0.2) is 4.39 Å². The fourth-order valence-electron chi connectivity index (χ4n) is 3.66. The van der Waals surface area contributed by atoms with Gasteiger partial charge in [0.2, 0.25) is 5.91 Å². The van der Waals surface area contributed by atoms with Crippen molar-refractivity contribution in [3.05, 3.63) is 34.6 Å². The number of carbonyl (C=O) groups is 1. The fourth-order valence-corrected chi connectivity index (χ4v) is 3.82. The number of benzene rings is 1. The van der Waals surface area contributed by atoms with Crippen LogP contribution in [0.15, 0.2) is 18.2 Å². The Balaban J connectivity index is 1.57. The van der Waals surface area contributed by atoms with Crippen molar-refractivity contribution in [2.75, 3.05) is 45.9 Å². The highest BCUT2D eigenvalue weighted by atomic mass is 35.5. The van der Waals surface area contributed by atoms with E-state index in [0.29, 0.717) is 30.3 Å². The summed E-state index contributed by atoms with van der Waals surface area (Å²) in [5.74, 6) is -0.260. The molecule has 1 atom stereocenters. The molecule has 1 amide bonds. The van der Waals surface area contributed by atoms with Gasteiger partial charge in [0.25, 0.3) is 0 Å². The van der Waals surface area contributed by atoms with Crippen LogP contribution in [0.3, 0.4) is 0 Å². The Bertz CT molecular complexity index is 614. The van der Waals surface area contributed by atoms with Crippen LogP contribution in [0.4, 0.5) is 4.39 Å². The number of carbonyl (C=O) groups excluding carboxylic acids is 1. The minimum Gasteiger partial charge on any atom is -0.379 e. The summed E-state index contributed by atoms with van der Waals surface area (Å²) in [6.45, 7) is 7.64. The van der Waals surface area contributed by atoms with Crippen LogP contribution in [0, 0.1) is 5.82 Å². The number of hydrogen-bond acceptors (Lipinski definition) is 4. The normalized spacial score (nSPS) is 25.2. The molecule has 5 nitrogen and oxygen atoms in total. The first-order valence-corrected chi connectivity index (χ1v) is 9.10. The lowest BCUT2D eigenvalue weighted by Gasteiger charge is -2.45. The van der Waals surface area contributed by atoms with Gasteiger partial charge in [-0.3, -0.25) is 14.6 Å². The molecule has 2 heterocycles. The molecule has 1 aromatic rings. The quantitative estimate of drug-likeness (QED) is 0.861. The Morgan fingerprint density at radius 2 is 2.12 bits per heavy atom. The number of nitrogens with one attached hydrogen (secondary N) is 1. The molecule has 0 aromatic heterocycles. The second-order valence-corrected chi connectivity index (χ2v) is 7.37. The maximum Gasteiger partial charge on any atom is 0.216 e. The fraction of sp³-hybridized carbons (Fsp3) is 0.611. The largest absolute Gasteiger partial charge is 0.379 e. The van der Waals surface area contributed by atoms with Crippen molar-refractivity contribution in [3.63, 3.8) is 0 Å². The molecule has 2 fully saturated rings. The summed E-state index contributed by atoms with van der Waals surface area (Å²) in [5.41, 5.74) is 0.568. The van der Waals surface area contributed by atoms with E-state index in [0.717, 1.165) is 39.2 Å². The first-order chi connectivity index (χ1) is 12.0. The maximum atomic E-state index is 14.0. The van der Waals surface area contributed by atoms with E-state index < -0.39 is 0 Å². The van der Waals surface area contributed by atoms with Crippen LogP contribution in [0.25, 0.3) is 0 Å². The highest BCUT2D eigenvalue weighted by Gasteiger charge is 2.41. The number of rotatable bonds is 5. The first kappa shape index (κ1) is 18.6. The predicted octanol–water partition coefficient (Wildman–Crippen LogP) is 1.89. The SMILES string of the molecule is CC(=O)NCC1(N2CCN(Cc3ccc(Cl)cc3F)CC2)CCOC1. The molecule has 2 aliphatic rings. The lowest BCUT2D eigenvalue weighted by molar-refractivity contribution is -0.119. The smallest absolute Gasteiger partial charge is 0.216 e. The zero-order valence-electron chi connectivity index (χ0n) is 14.6. The van der Waals surface area contributed by atoms with Crippen molar-refractivity contribution in [3.8, 4) is 0 Å². The van der Waals surface area contributed by atoms with Crippen molar-refractivity contribution in [1.29, 1.82) is 0 Å². The summed E-state index contributed by atoms with van der Waals surface area (Å²) in [6, 6.07) is 4.85. The van der Waals surface area contributed by atoms with Crippen LogP contribution in [-0.2, 0) is 16.1 Å². The van der Waals surface area contributed by atoms with E-state index in [1.807, 2.05) is 0 Å². The standard InChI is InChI=1S/C18H25ClFN3O2/c1-14(24)21-12-18(4-9-25-13-18)23-7-5-22(6-8-23)11-15-2-3-16(19)10-17(15)20/h2-3,10H,4-9,11-13H2,1H3,(H,21,24). The molecule has 1 unspecified atom stereocenters. The van der Waals surface area contributed by atoms with E-state index in [1.54, 1.807) is 19.1 Å². The number of halogens is 2. The number of amides is 1. The van der Waals surface area contributed by atoms with E-state index in [9.17, 15) is 9.18 Å². The second-order valence-electron chi connectivity index (χ2n) is 6.94. The van der Waals surface area contributed by atoms with E-state index in [-0.39, 0.29) is 17.3 Å². The topological polar surface area (TPSA) is 44.8 Å². The summed E-state index contributed by atoms with van der Waals surface area (Å²) in [6.07, 6.45) is 0.930. The first-order valence-electron chi connectivity index (χ1n) is 8.72. The van der Waals surface area contributed by atoms with E-state index in [2.05, 4.69) is 15.1 Å². The van der Waals surface area contributed by atoms with Crippen molar-refractivity contribution in [2.24, 2.45) is 0 Å². The van der Waals surface area contributed by atoms with Gasteiger partial charge in [-0.1, -0.05) is 17.7 Å². The maximum absolute atomic E-state index is 14.0. The molecule has 1 aromatic carbocycles. The van der Waals surface area contributed by atoms with Crippen molar-refractivity contribution < 1.29 is 13.9 Å².